The highest BCUT2D eigenvalue weighted by atomic mass is 32.2. The van der Waals surface area contributed by atoms with Gasteiger partial charge in [-0.3, -0.25) is 0 Å². The molecular formula is C13H19FN2O3S. The van der Waals surface area contributed by atoms with E-state index >= 15 is 0 Å². The van der Waals surface area contributed by atoms with Gasteiger partial charge < -0.3 is 10.5 Å². The molecule has 0 aliphatic carbocycles. The number of sulfonamides is 1. The van der Waals surface area contributed by atoms with E-state index in [1.165, 1.54) is 16.4 Å². The third kappa shape index (κ3) is 3.01. The van der Waals surface area contributed by atoms with E-state index in [0.717, 1.165) is 12.5 Å². The third-order valence-electron chi connectivity index (χ3n) is 3.52. The molecule has 1 aliphatic heterocycles. The van der Waals surface area contributed by atoms with Gasteiger partial charge in [0.1, 0.15) is 5.82 Å². The van der Waals surface area contributed by atoms with Gasteiger partial charge in [0, 0.05) is 26.7 Å². The topological polar surface area (TPSA) is 72.6 Å². The summed E-state index contributed by atoms with van der Waals surface area (Å²) in [5.41, 5.74) is 5.98. The largest absolute Gasteiger partial charge is 0.384 e. The van der Waals surface area contributed by atoms with Crippen LogP contribution < -0.4 is 5.73 Å². The quantitative estimate of drug-likeness (QED) is 0.878. The monoisotopic (exact) mass is 302 g/mol. The van der Waals surface area contributed by atoms with Crippen LogP contribution in [0.2, 0.25) is 0 Å². The maximum Gasteiger partial charge on any atom is 0.243 e. The highest BCUT2D eigenvalue weighted by Gasteiger charge is 2.33. The molecule has 2 rings (SSSR count). The van der Waals surface area contributed by atoms with Crippen molar-refractivity contribution in [3.8, 4) is 0 Å². The average Bonchev–Trinajstić information content (AvgIpc) is 2.88. The number of nitrogens with zero attached hydrogens (tertiary/aromatic N) is 1. The molecule has 1 aromatic carbocycles. The van der Waals surface area contributed by atoms with Crippen molar-refractivity contribution >= 4 is 10.0 Å². The first-order chi connectivity index (χ1) is 9.48. The molecule has 0 radical (unpaired) electrons. The molecule has 0 spiro atoms. The summed E-state index contributed by atoms with van der Waals surface area (Å²) < 4.78 is 44.9. The van der Waals surface area contributed by atoms with Gasteiger partial charge in [-0.25, -0.2) is 12.8 Å². The summed E-state index contributed by atoms with van der Waals surface area (Å²) in [7, 11) is -2.10. The molecule has 7 heteroatoms. The zero-order valence-corrected chi connectivity index (χ0v) is 12.2. The van der Waals surface area contributed by atoms with Crippen LogP contribution in [0.4, 0.5) is 4.39 Å². The molecule has 1 atom stereocenters. The van der Waals surface area contributed by atoms with Crippen molar-refractivity contribution in [2.75, 3.05) is 26.8 Å². The number of halogens is 1. The van der Waals surface area contributed by atoms with Gasteiger partial charge in [0.2, 0.25) is 10.0 Å². The Morgan fingerprint density at radius 3 is 2.90 bits per heavy atom. The van der Waals surface area contributed by atoms with Crippen LogP contribution in [0.1, 0.15) is 12.0 Å². The highest BCUT2D eigenvalue weighted by Crippen LogP contribution is 2.27. The van der Waals surface area contributed by atoms with E-state index in [4.69, 9.17) is 10.5 Å². The lowest BCUT2D eigenvalue weighted by Gasteiger charge is -2.18. The Balaban J connectivity index is 2.29. The van der Waals surface area contributed by atoms with Crippen LogP contribution in [0.3, 0.4) is 0 Å². The van der Waals surface area contributed by atoms with Gasteiger partial charge in [-0.1, -0.05) is 6.07 Å². The van der Waals surface area contributed by atoms with Crippen LogP contribution in [0.15, 0.2) is 23.1 Å². The molecule has 0 aromatic heterocycles. The van der Waals surface area contributed by atoms with Crippen molar-refractivity contribution in [2.24, 2.45) is 11.7 Å². The maximum absolute atomic E-state index is 13.4. The fourth-order valence-electron chi connectivity index (χ4n) is 2.46. The van der Waals surface area contributed by atoms with Crippen molar-refractivity contribution in [2.45, 2.75) is 17.9 Å². The molecule has 1 fully saturated rings. The Morgan fingerprint density at radius 2 is 2.25 bits per heavy atom. The molecule has 5 nitrogen and oxygen atoms in total. The number of hydrogen-bond acceptors (Lipinski definition) is 4. The van der Waals surface area contributed by atoms with Gasteiger partial charge in [-0.05, 0) is 30.0 Å². The van der Waals surface area contributed by atoms with Gasteiger partial charge in [-0.2, -0.15) is 4.31 Å². The summed E-state index contributed by atoms with van der Waals surface area (Å²) in [6, 6.07) is 3.69. The van der Waals surface area contributed by atoms with E-state index in [1.807, 2.05) is 0 Å². The molecule has 0 saturated carbocycles. The normalized spacial score (nSPS) is 20.4. The molecule has 2 N–H and O–H groups in total. The average molecular weight is 302 g/mol. The van der Waals surface area contributed by atoms with Crippen molar-refractivity contribution < 1.29 is 17.5 Å². The number of rotatable bonds is 5. The van der Waals surface area contributed by atoms with Gasteiger partial charge in [0.05, 0.1) is 11.5 Å². The molecule has 1 saturated heterocycles. The first-order valence-corrected chi connectivity index (χ1v) is 7.90. The predicted octanol–water partition coefficient (Wildman–Crippen LogP) is 0.941. The van der Waals surface area contributed by atoms with Crippen molar-refractivity contribution in [3.63, 3.8) is 0 Å². The molecule has 1 heterocycles. The minimum Gasteiger partial charge on any atom is -0.384 e. The minimum absolute atomic E-state index is 0.0296. The van der Waals surface area contributed by atoms with Crippen LogP contribution in [0.5, 0.6) is 0 Å². The fraction of sp³-hybridized carbons (Fsp3) is 0.538. The van der Waals surface area contributed by atoms with Gasteiger partial charge in [0.15, 0.2) is 0 Å². The maximum atomic E-state index is 13.4. The summed E-state index contributed by atoms with van der Waals surface area (Å²) >= 11 is 0. The molecule has 20 heavy (non-hydrogen) atoms. The van der Waals surface area contributed by atoms with Crippen molar-refractivity contribution in [1.82, 2.24) is 4.31 Å². The SMILES string of the molecule is COCC1CCN(S(=O)(=O)c2cc(F)ccc2CN)C1. The van der Waals surface area contributed by atoms with Crippen LogP contribution in [0, 0.1) is 11.7 Å². The van der Waals surface area contributed by atoms with E-state index in [9.17, 15) is 12.8 Å². The molecular weight excluding hydrogens is 283 g/mol. The van der Waals surface area contributed by atoms with Gasteiger partial charge in [0.25, 0.3) is 0 Å². The Kier molecular flexibility index (Phi) is 4.74. The Morgan fingerprint density at radius 1 is 1.50 bits per heavy atom. The van der Waals surface area contributed by atoms with Crippen LogP contribution in [-0.2, 0) is 21.3 Å². The molecule has 1 aliphatic rings. The first-order valence-electron chi connectivity index (χ1n) is 6.46. The number of nitrogens with two attached hydrogens (primary N) is 1. The third-order valence-corrected chi connectivity index (χ3v) is 5.47. The standard InChI is InChI=1S/C13H19FN2O3S/c1-19-9-10-4-5-16(8-10)20(17,18)13-6-12(14)3-2-11(13)7-15/h2-3,6,10H,4-5,7-9,15H2,1H3. The van der Waals surface area contributed by atoms with Crippen molar-refractivity contribution in [3.05, 3.63) is 29.6 Å². The summed E-state index contributed by atoms with van der Waals surface area (Å²) in [4.78, 5) is -0.0296. The van der Waals surface area contributed by atoms with Gasteiger partial charge in [-0.15, -0.1) is 0 Å². The Bertz CT molecular complexity index is 577. The highest BCUT2D eigenvalue weighted by molar-refractivity contribution is 7.89. The van der Waals surface area contributed by atoms with E-state index < -0.39 is 15.8 Å². The molecule has 1 aromatic rings. The second-order valence-electron chi connectivity index (χ2n) is 4.93. The lowest BCUT2D eigenvalue weighted by molar-refractivity contribution is 0.157. The summed E-state index contributed by atoms with van der Waals surface area (Å²) in [5.74, 6) is -0.391. The van der Waals surface area contributed by atoms with E-state index in [-0.39, 0.29) is 17.4 Å². The van der Waals surface area contributed by atoms with Gasteiger partial charge >= 0.3 is 0 Å². The molecule has 0 amide bonds. The van der Waals surface area contributed by atoms with Crippen LogP contribution in [-0.4, -0.2) is 39.5 Å². The van der Waals surface area contributed by atoms with Crippen molar-refractivity contribution in [1.29, 1.82) is 0 Å². The zero-order chi connectivity index (χ0) is 14.8. The predicted molar refractivity (Wildman–Crippen MR) is 73.0 cm³/mol. The summed E-state index contributed by atoms with van der Waals surface area (Å²) in [5, 5.41) is 0. The van der Waals surface area contributed by atoms with E-state index in [0.29, 0.717) is 25.3 Å². The van der Waals surface area contributed by atoms with Crippen LogP contribution >= 0.6 is 0 Å². The Hall–Kier alpha value is -1.02. The minimum atomic E-state index is -3.70. The van der Waals surface area contributed by atoms with E-state index in [2.05, 4.69) is 0 Å². The molecule has 112 valence electrons. The lowest BCUT2D eigenvalue weighted by atomic mass is 10.1. The molecule has 0 bridgehead atoms. The Labute approximate surface area is 118 Å². The summed E-state index contributed by atoms with van der Waals surface area (Å²) in [6.07, 6.45) is 0.750. The number of hydrogen-bond donors (Lipinski definition) is 1. The first kappa shape index (κ1) is 15.4. The zero-order valence-electron chi connectivity index (χ0n) is 11.4. The van der Waals surface area contributed by atoms with E-state index in [1.54, 1.807) is 7.11 Å². The number of ether oxygens (including phenoxy) is 1. The lowest BCUT2D eigenvalue weighted by Crippen LogP contribution is -2.30. The second-order valence-corrected chi connectivity index (χ2v) is 6.84. The fourth-order valence-corrected chi connectivity index (χ4v) is 4.24. The second kappa shape index (κ2) is 6.17. The number of benzene rings is 1. The molecule has 1 unspecified atom stereocenters. The summed E-state index contributed by atoms with van der Waals surface area (Å²) in [6.45, 7) is 1.41. The van der Waals surface area contributed by atoms with Crippen LogP contribution in [0.25, 0.3) is 0 Å². The number of methoxy groups -OCH3 is 1. The smallest absolute Gasteiger partial charge is 0.243 e.